The average molecular weight is 288 g/mol. The summed E-state index contributed by atoms with van der Waals surface area (Å²) < 4.78 is 0. The van der Waals surface area contributed by atoms with Gasteiger partial charge in [-0.2, -0.15) is 0 Å². The number of nitrogens with zero attached hydrogens (tertiary/aromatic N) is 1. The molecule has 0 aliphatic carbocycles. The summed E-state index contributed by atoms with van der Waals surface area (Å²) >= 11 is 0. The van der Waals surface area contributed by atoms with Crippen molar-refractivity contribution in [2.45, 2.75) is 65.6 Å². The van der Waals surface area contributed by atoms with Crippen molar-refractivity contribution in [3.05, 3.63) is 35.4 Å². The van der Waals surface area contributed by atoms with Crippen LogP contribution in [0.2, 0.25) is 0 Å². The van der Waals surface area contributed by atoms with Crippen LogP contribution in [0.3, 0.4) is 0 Å². The Bertz CT molecular complexity index is 439. The lowest BCUT2D eigenvalue weighted by atomic mass is 9.88. The first-order valence-electron chi connectivity index (χ1n) is 8.52. The SMILES string of the molecule is CCC(C)C1CNC(C)(CC)CN1Cc1ccc(C)cc1. The molecule has 0 spiro atoms. The summed E-state index contributed by atoms with van der Waals surface area (Å²) in [6.07, 6.45) is 2.43. The molecule has 1 heterocycles. The highest BCUT2D eigenvalue weighted by Crippen LogP contribution is 2.26. The maximum Gasteiger partial charge on any atom is 0.0278 e. The number of nitrogens with one attached hydrogen (secondary N) is 1. The van der Waals surface area contributed by atoms with Gasteiger partial charge in [-0.25, -0.2) is 0 Å². The third-order valence-corrected chi connectivity index (χ3v) is 5.35. The fraction of sp³-hybridized carbons (Fsp3) is 0.684. The minimum Gasteiger partial charge on any atom is -0.309 e. The van der Waals surface area contributed by atoms with Gasteiger partial charge in [-0.3, -0.25) is 4.90 Å². The molecule has 3 atom stereocenters. The number of hydrogen-bond donors (Lipinski definition) is 1. The van der Waals surface area contributed by atoms with Gasteiger partial charge in [0.2, 0.25) is 0 Å². The topological polar surface area (TPSA) is 15.3 Å². The van der Waals surface area contributed by atoms with Gasteiger partial charge in [-0.05, 0) is 31.7 Å². The highest BCUT2D eigenvalue weighted by molar-refractivity contribution is 5.21. The summed E-state index contributed by atoms with van der Waals surface area (Å²) in [4.78, 5) is 2.71. The number of benzene rings is 1. The summed E-state index contributed by atoms with van der Waals surface area (Å²) in [7, 11) is 0. The van der Waals surface area contributed by atoms with Gasteiger partial charge in [0.1, 0.15) is 0 Å². The van der Waals surface area contributed by atoms with Crippen LogP contribution in [0, 0.1) is 12.8 Å². The van der Waals surface area contributed by atoms with E-state index in [0.717, 1.165) is 25.6 Å². The van der Waals surface area contributed by atoms with Gasteiger partial charge in [0.25, 0.3) is 0 Å². The van der Waals surface area contributed by atoms with Gasteiger partial charge in [0.15, 0.2) is 0 Å². The molecule has 1 aromatic rings. The van der Waals surface area contributed by atoms with Crippen molar-refractivity contribution in [1.82, 2.24) is 10.2 Å². The van der Waals surface area contributed by atoms with Crippen molar-refractivity contribution in [1.29, 1.82) is 0 Å². The molecule has 21 heavy (non-hydrogen) atoms. The van der Waals surface area contributed by atoms with E-state index in [4.69, 9.17) is 0 Å². The molecule has 1 aliphatic heterocycles. The zero-order chi connectivity index (χ0) is 15.5. The van der Waals surface area contributed by atoms with Crippen LogP contribution in [0.5, 0.6) is 0 Å². The number of aryl methyl sites for hydroxylation is 1. The number of hydrogen-bond acceptors (Lipinski definition) is 2. The average Bonchev–Trinajstić information content (AvgIpc) is 2.49. The quantitative estimate of drug-likeness (QED) is 0.881. The molecule has 2 rings (SSSR count). The van der Waals surface area contributed by atoms with E-state index in [2.05, 4.69) is 69.1 Å². The summed E-state index contributed by atoms with van der Waals surface area (Å²) in [6.45, 7) is 14.9. The molecule has 1 aromatic carbocycles. The van der Waals surface area contributed by atoms with E-state index in [1.165, 1.54) is 24.0 Å². The predicted octanol–water partition coefficient (Wildman–Crippen LogP) is 3.98. The number of rotatable bonds is 5. The predicted molar refractivity (Wildman–Crippen MR) is 91.5 cm³/mol. The Kier molecular flexibility index (Phi) is 5.45. The molecule has 118 valence electrons. The van der Waals surface area contributed by atoms with Gasteiger partial charge in [0, 0.05) is 31.2 Å². The second-order valence-corrected chi connectivity index (χ2v) is 7.14. The molecule has 0 saturated carbocycles. The normalized spacial score (nSPS) is 28.5. The van der Waals surface area contributed by atoms with Crippen LogP contribution in [0.1, 0.15) is 51.7 Å². The van der Waals surface area contributed by atoms with Crippen molar-refractivity contribution in [2.75, 3.05) is 13.1 Å². The van der Waals surface area contributed by atoms with Crippen LogP contribution in [-0.4, -0.2) is 29.6 Å². The monoisotopic (exact) mass is 288 g/mol. The highest BCUT2D eigenvalue weighted by atomic mass is 15.3. The van der Waals surface area contributed by atoms with Crippen molar-refractivity contribution < 1.29 is 0 Å². The fourth-order valence-electron chi connectivity index (χ4n) is 3.27. The summed E-state index contributed by atoms with van der Waals surface area (Å²) in [5, 5.41) is 3.79. The molecule has 1 N–H and O–H groups in total. The minimum absolute atomic E-state index is 0.259. The molecule has 1 saturated heterocycles. The standard InChI is InChI=1S/C19H32N2/c1-6-16(4)18-12-20-19(5,7-2)14-21(18)13-17-10-8-15(3)9-11-17/h8-11,16,18,20H,6-7,12-14H2,1-5H3. The molecule has 0 radical (unpaired) electrons. The van der Waals surface area contributed by atoms with E-state index in [1.807, 2.05) is 0 Å². The molecule has 3 unspecified atom stereocenters. The smallest absolute Gasteiger partial charge is 0.0278 e. The Morgan fingerprint density at radius 3 is 2.52 bits per heavy atom. The Balaban J connectivity index is 2.14. The Morgan fingerprint density at radius 1 is 1.29 bits per heavy atom. The Morgan fingerprint density at radius 2 is 1.95 bits per heavy atom. The molecule has 1 fully saturated rings. The summed E-state index contributed by atoms with van der Waals surface area (Å²) in [5.74, 6) is 0.740. The van der Waals surface area contributed by atoms with Gasteiger partial charge < -0.3 is 5.32 Å². The van der Waals surface area contributed by atoms with Crippen LogP contribution in [0.4, 0.5) is 0 Å². The summed E-state index contributed by atoms with van der Waals surface area (Å²) in [5.41, 5.74) is 3.04. The molecule has 0 bridgehead atoms. The van der Waals surface area contributed by atoms with Crippen LogP contribution in [0.15, 0.2) is 24.3 Å². The number of piperazine rings is 1. The Hall–Kier alpha value is -0.860. The third-order valence-electron chi connectivity index (χ3n) is 5.35. The van der Waals surface area contributed by atoms with Gasteiger partial charge in [0.05, 0.1) is 0 Å². The zero-order valence-electron chi connectivity index (χ0n) is 14.4. The van der Waals surface area contributed by atoms with E-state index >= 15 is 0 Å². The Labute approximate surface area is 130 Å². The first kappa shape index (κ1) is 16.5. The van der Waals surface area contributed by atoms with Crippen LogP contribution < -0.4 is 5.32 Å². The minimum atomic E-state index is 0.259. The maximum atomic E-state index is 3.79. The van der Waals surface area contributed by atoms with Crippen molar-refractivity contribution in [2.24, 2.45) is 5.92 Å². The summed E-state index contributed by atoms with van der Waals surface area (Å²) in [6, 6.07) is 9.68. The van der Waals surface area contributed by atoms with Crippen LogP contribution in [0.25, 0.3) is 0 Å². The van der Waals surface area contributed by atoms with Crippen LogP contribution >= 0.6 is 0 Å². The lowest BCUT2D eigenvalue weighted by molar-refractivity contribution is 0.0487. The second-order valence-electron chi connectivity index (χ2n) is 7.14. The van der Waals surface area contributed by atoms with Gasteiger partial charge in [-0.1, -0.05) is 57.0 Å². The van der Waals surface area contributed by atoms with E-state index in [0.29, 0.717) is 6.04 Å². The van der Waals surface area contributed by atoms with Crippen molar-refractivity contribution >= 4 is 0 Å². The van der Waals surface area contributed by atoms with E-state index < -0.39 is 0 Å². The lowest BCUT2D eigenvalue weighted by Crippen LogP contribution is -2.63. The van der Waals surface area contributed by atoms with Gasteiger partial charge >= 0.3 is 0 Å². The van der Waals surface area contributed by atoms with Crippen molar-refractivity contribution in [3.63, 3.8) is 0 Å². The molecule has 2 nitrogen and oxygen atoms in total. The molecular weight excluding hydrogens is 256 g/mol. The zero-order valence-corrected chi connectivity index (χ0v) is 14.4. The second kappa shape index (κ2) is 6.93. The maximum absolute atomic E-state index is 3.79. The first-order chi connectivity index (χ1) is 9.97. The first-order valence-corrected chi connectivity index (χ1v) is 8.52. The van der Waals surface area contributed by atoms with E-state index in [-0.39, 0.29) is 5.54 Å². The lowest BCUT2D eigenvalue weighted by Gasteiger charge is -2.48. The molecule has 0 amide bonds. The molecule has 1 aliphatic rings. The largest absolute Gasteiger partial charge is 0.309 e. The van der Waals surface area contributed by atoms with Crippen molar-refractivity contribution in [3.8, 4) is 0 Å². The fourth-order valence-corrected chi connectivity index (χ4v) is 3.27. The molecule has 2 heteroatoms. The molecular formula is C19H32N2. The molecule has 0 aromatic heterocycles. The highest BCUT2D eigenvalue weighted by Gasteiger charge is 2.36. The van der Waals surface area contributed by atoms with E-state index in [1.54, 1.807) is 0 Å². The third kappa shape index (κ3) is 4.08. The van der Waals surface area contributed by atoms with Gasteiger partial charge in [-0.15, -0.1) is 0 Å². The van der Waals surface area contributed by atoms with E-state index in [9.17, 15) is 0 Å². The van der Waals surface area contributed by atoms with Crippen LogP contribution in [-0.2, 0) is 6.54 Å².